The fraction of sp³-hybridized carbons (Fsp3) is 0.353. The standard InChI is InChI=1S/C17H23N5O2/c1-6-12-10-15(22(5)20-12)16(23)18-13-8-7-11(2)14(9-13)19-17(24)21(3)4/h7-10H,6H2,1-5H3,(H,18,23)(H,19,24). The van der Waals surface area contributed by atoms with E-state index in [0.29, 0.717) is 17.1 Å². The first-order chi connectivity index (χ1) is 11.3. The van der Waals surface area contributed by atoms with E-state index in [1.54, 1.807) is 44.0 Å². The molecule has 2 rings (SSSR count). The van der Waals surface area contributed by atoms with Gasteiger partial charge in [0.25, 0.3) is 5.91 Å². The predicted molar refractivity (Wildman–Crippen MR) is 94.4 cm³/mol. The number of hydrogen-bond donors (Lipinski definition) is 2. The molecule has 1 aromatic carbocycles. The summed E-state index contributed by atoms with van der Waals surface area (Å²) in [7, 11) is 5.08. The van der Waals surface area contributed by atoms with Crippen LogP contribution >= 0.6 is 0 Å². The summed E-state index contributed by atoms with van der Waals surface area (Å²) in [6.07, 6.45) is 0.770. The van der Waals surface area contributed by atoms with Crippen LogP contribution in [0.1, 0.15) is 28.7 Å². The van der Waals surface area contributed by atoms with Crippen molar-refractivity contribution in [3.8, 4) is 0 Å². The molecule has 2 N–H and O–H groups in total. The predicted octanol–water partition coefficient (Wildman–Crippen LogP) is 2.64. The van der Waals surface area contributed by atoms with Crippen LogP contribution in [0, 0.1) is 6.92 Å². The zero-order chi connectivity index (χ0) is 17.9. The Morgan fingerprint density at radius 1 is 1.21 bits per heavy atom. The Bertz CT molecular complexity index is 764. The van der Waals surface area contributed by atoms with Gasteiger partial charge in [-0.15, -0.1) is 0 Å². The normalized spacial score (nSPS) is 10.4. The number of anilines is 2. The van der Waals surface area contributed by atoms with Crippen molar-refractivity contribution in [2.45, 2.75) is 20.3 Å². The first-order valence-corrected chi connectivity index (χ1v) is 7.75. The molecule has 0 aliphatic heterocycles. The van der Waals surface area contributed by atoms with Crippen molar-refractivity contribution in [1.82, 2.24) is 14.7 Å². The number of aryl methyl sites for hydroxylation is 3. The molecule has 1 heterocycles. The van der Waals surface area contributed by atoms with E-state index in [4.69, 9.17) is 0 Å². The van der Waals surface area contributed by atoms with Crippen molar-refractivity contribution in [1.29, 1.82) is 0 Å². The number of amides is 3. The molecular formula is C17H23N5O2. The highest BCUT2D eigenvalue weighted by Crippen LogP contribution is 2.21. The van der Waals surface area contributed by atoms with Crippen LogP contribution in [0.25, 0.3) is 0 Å². The molecule has 128 valence electrons. The van der Waals surface area contributed by atoms with Crippen LogP contribution in [-0.4, -0.2) is 40.7 Å². The molecule has 0 saturated heterocycles. The van der Waals surface area contributed by atoms with Crippen molar-refractivity contribution >= 4 is 23.3 Å². The van der Waals surface area contributed by atoms with Gasteiger partial charge in [-0.3, -0.25) is 9.48 Å². The quantitative estimate of drug-likeness (QED) is 0.905. The Morgan fingerprint density at radius 2 is 1.92 bits per heavy atom. The minimum atomic E-state index is -0.238. The summed E-state index contributed by atoms with van der Waals surface area (Å²) >= 11 is 0. The van der Waals surface area contributed by atoms with E-state index in [1.807, 2.05) is 19.9 Å². The van der Waals surface area contributed by atoms with Crippen molar-refractivity contribution in [3.05, 3.63) is 41.2 Å². The van der Waals surface area contributed by atoms with E-state index in [9.17, 15) is 9.59 Å². The van der Waals surface area contributed by atoms with Crippen LogP contribution < -0.4 is 10.6 Å². The average molecular weight is 329 g/mol. The summed E-state index contributed by atoms with van der Waals surface area (Å²) < 4.78 is 1.57. The van der Waals surface area contributed by atoms with E-state index >= 15 is 0 Å². The molecule has 0 bridgehead atoms. The number of hydrogen-bond acceptors (Lipinski definition) is 3. The van der Waals surface area contributed by atoms with E-state index < -0.39 is 0 Å². The van der Waals surface area contributed by atoms with Crippen LogP contribution in [0.4, 0.5) is 16.2 Å². The topological polar surface area (TPSA) is 79.3 Å². The Balaban J connectivity index is 2.19. The molecule has 2 aromatic rings. The Hall–Kier alpha value is -2.83. The van der Waals surface area contributed by atoms with Gasteiger partial charge in [-0.05, 0) is 37.1 Å². The van der Waals surface area contributed by atoms with Gasteiger partial charge in [-0.25, -0.2) is 4.79 Å². The van der Waals surface area contributed by atoms with Crippen LogP contribution in [0.3, 0.4) is 0 Å². The second-order valence-corrected chi connectivity index (χ2v) is 5.81. The second-order valence-electron chi connectivity index (χ2n) is 5.81. The molecule has 0 fully saturated rings. The average Bonchev–Trinajstić information content (AvgIpc) is 2.91. The molecule has 0 atom stereocenters. The lowest BCUT2D eigenvalue weighted by atomic mass is 10.1. The maximum Gasteiger partial charge on any atom is 0.321 e. The first-order valence-electron chi connectivity index (χ1n) is 7.75. The van der Waals surface area contributed by atoms with Crippen molar-refractivity contribution in [2.75, 3.05) is 24.7 Å². The van der Waals surface area contributed by atoms with E-state index in [0.717, 1.165) is 17.7 Å². The molecule has 0 spiro atoms. The molecule has 0 unspecified atom stereocenters. The van der Waals surface area contributed by atoms with Gasteiger partial charge in [-0.2, -0.15) is 5.10 Å². The highest BCUT2D eigenvalue weighted by Gasteiger charge is 2.14. The number of benzene rings is 1. The van der Waals surface area contributed by atoms with Gasteiger partial charge >= 0.3 is 6.03 Å². The van der Waals surface area contributed by atoms with Crippen molar-refractivity contribution in [2.24, 2.45) is 7.05 Å². The Labute approximate surface area is 141 Å². The number of nitrogens with one attached hydrogen (secondary N) is 2. The number of aromatic nitrogens is 2. The fourth-order valence-electron chi connectivity index (χ4n) is 2.17. The molecule has 1 aromatic heterocycles. The summed E-state index contributed by atoms with van der Waals surface area (Å²) in [4.78, 5) is 25.7. The highest BCUT2D eigenvalue weighted by molar-refractivity contribution is 6.03. The Morgan fingerprint density at radius 3 is 2.50 bits per heavy atom. The third-order valence-corrected chi connectivity index (χ3v) is 3.67. The SMILES string of the molecule is CCc1cc(C(=O)Nc2ccc(C)c(NC(=O)N(C)C)c2)n(C)n1. The monoisotopic (exact) mass is 329 g/mol. The number of carbonyl (C=O) groups excluding carboxylic acids is 2. The molecular weight excluding hydrogens is 306 g/mol. The largest absolute Gasteiger partial charge is 0.331 e. The smallest absolute Gasteiger partial charge is 0.321 e. The summed E-state index contributed by atoms with van der Waals surface area (Å²) in [5.74, 6) is -0.238. The van der Waals surface area contributed by atoms with Crippen LogP contribution in [0.15, 0.2) is 24.3 Å². The van der Waals surface area contributed by atoms with Crippen LogP contribution in [-0.2, 0) is 13.5 Å². The Kier molecular flexibility index (Phi) is 5.23. The molecule has 0 aliphatic rings. The lowest BCUT2D eigenvalue weighted by molar-refractivity contribution is 0.101. The van der Waals surface area contributed by atoms with Gasteiger partial charge in [0, 0.05) is 32.5 Å². The van der Waals surface area contributed by atoms with Crippen molar-refractivity contribution < 1.29 is 9.59 Å². The van der Waals surface area contributed by atoms with Crippen LogP contribution in [0.5, 0.6) is 0 Å². The summed E-state index contributed by atoms with van der Waals surface area (Å²) in [6, 6.07) is 6.95. The second kappa shape index (κ2) is 7.16. The maximum absolute atomic E-state index is 12.4. The van der Waals surface area contributed by atoms with Gasteiger partial charge in [0.1, 0.15) is 5.69 Å². The summed E-state index contributed by atoms with van der Waals surface area (Å²) in [6.45, 7) is 3.88. The van der Waals surface area contributed by atoms with Gasteiger partial charge in [0.05, 0.1) is 5.69 Å². The summed E-state index contributed by atoms with van der Waals surface area (Å²) in [5, 5.41) is 9.92. The third-order valence-electron chi connectivity index (χ3n) is 3.67. The fourth-order valence-corrected chi connectivity index (χ4v) is 2.17. The zero-order valence-electron chi connectivity index (χ0n) is 14.7. The van der Waals surface area contributed by atoms with Crippen molar-refractivity contribution in [3.63, 3.8) is 0 Å². The molecule has 0 aliphatic carbocycles. The maximum atomic E-state index is 12.4. The lowest BCUT2D eigenvalue weighted by Gasteiger charge is -2.15. The van der Waals surface area contributed by atoms with Crippen LogP contribution in [0.2, 0.25) is 0 Å². The highest BCUT2D eigenvalue weighted by atomic mass is 16.2. The minimum absolute atomic E-state index is 0.221. The van der Waals surface area contributed by atoms with Gasteiger partial charge in [0.2, 0.25) is 0 Å². The molecule has 0 radical (unpaired) electrons. The molecule has 7 heteroatoms. The summed E-state index contributed by atoms with van der Waals surface area (Å²) in [5.41, 5.74) is 3.54. The molecule has 0 saturated carbocycles. The number of rotatable bonds is 4. The van der Waals surface area contributed by atoms with E-state index in [-0.39, 0.29) is 11.9 Å². The van der Waals surface area contributed by atoms with Gasteiger partial charge < -0.3 is 15.5 Å². The van der Waals surface area contributed by atoms with Gasteiger partial charge in [0.15, 0.2) is 0 Å². The number of nitrogens with zero attached hydrogens (tertiary/aromatic N) is 3. The minimum Gasteiger partial charge on any atom is -0.331 e. The lowest BCUT2D eigenvalue weighted by Crippen LogP contribution is -2.27. The molecule has 24 heavy (non-hydrogen) atoms. The number of carbonyl (C=O) groups is 2. The van der Waals surface area contributed by atoms with E-state index in [2.05, 4.69) is 15.7 Å². The van der Waals surface area contributed by atoms with E-state index in [1.165, 1.54) is 4.90 Å². The first kappa shape index (κ1) is 17.5. The van der Waals surface area contributed by atoms with Gasteiger partial charge in [-0.1, -0.05) is 13.0 Å². The molecule has 3 amide bonds. The number of urea groups is 1. The molecule has 7 nitrogen and oxygen atoms in total. The zero-order valence-corrected chi connectivity index (χ0v) is 14.7. The third kappa shape index (κ3) is 3.92.